The van der Waals surface area contributed by atoms with Gasteiger partial charge in [0.15, 0.2) is 0 Å². The highest BCUT2D eigenvalue weighted by molar-refractivity contribution is 7.80. The van der Waals surface area contributed by atoms with Crippen LogP contribution in [0.4, 0.5) is 5.82 Å². The summed E-state index contributed by atoms with van der Waals surface area (Å²) in [6.07, 6.45) is 9.87. The largest absolute Gasteiger partial charge is 0.389 e. The third-order valence-corrected chi connectivity index (χ3v) is 4.79. The maximum atomic E-state index is 5.85. The van der Waals surface area contributed by atoms with Gasteiger partial charge in [0.05, 0.1) is 5.56 Å². The van der Waals surface area contributed by atoms with E-state index in [4.69, 9.17) is 18.0 Å². The molecule has 2 fully saturated rings. The van der Waals surface area contributed by atoms with E-state index < -0.39 is 0 Å². The van der Waals surface area contributed by atoms with Crippen molar-refractivity contribution in [2.75, 3.05) is 11.4 Å². The van der Waals surface area contributed by atoms with Gasteiger partial charge in [0.1, 0.15) is 10.8 Å². The van der Waals surface area contributed by atoms with Crippen LogP contribution in [0.1, 0.15) is 44.1 Å². The van der Waals surface area contributed by atoms with Gasteiger partial charge in [-0.3, -0.25) is 0 Å². The molecule has 2 atom stereocenters. The van der Waals surface area contributed by atoms with Gasteiger partial charge < -0.3 is 10.6 Å². The molecule has 0 unspecified atom stereocenters. The Morgan fingerprint density at radius 3 is 2.89 bits per heavy atom. The summed E-state index contributed by atoms with van der Waals surface area (Å²) in [5, 5.41) is 0. The Balaban J connectivity index is 1.94. The number of anilines is 1. The number of pyridine rings is 1. The molecule has 1 aliphatic heterocycles. The van der Waals surface area contributed by atoms with E-state index in [1.165, 1.54) is 38.5 Å². The molecule has 1 aromatic rings. The van der Waals surface area contributed by atoms with E-state index >= 15 is 0 Å². The summed E-state index contributed by atoms with van der Waals surface area (Å²) >= 11 is 5.18. The van der Waals surface area contributed by atoms with Crippen molar-refractivity contribution in [1.82, 2.24) is 4.98 Å². The molecule has 1 aromatic heterocycles. The molecule has 1 aliphatic carbocycles. The van der Waals surface area contributed by atoms with Gasteiger partial charge in [-0.25, -0.2) is 4.98 Å². The molecule has 1 saturated heterocycles. The normalized spacial score (nSPS) is 26.8. The number of hydrogen-bond donors (Lipinski definition) is 1. The number of hydrogen-bond acceptors (Lipinski definition) is 3. The van der Waals surface area contributed by atoms with Crippen LogP contribution in [0.25, 0.3) is 0 Å². The molecule has 0 radical (unpaired) electrons. The molecule has 2 heterocycles. The Kier molecular flexibility index (Phi) is 3.69. The van der Waals surface area contributed by atoms with Crippen LogP contribution in [0.15, 0.2) is 18.3 Å². The highest BCUT2D eigenvalue weighted by atomic mass is 32.1. The van der Waals surface area contributed by atoms with Crippen molar-refractivity contribution in [2.24, 2.45) is 11.7 Å². The van der Waals surface area contributed by atoms with Gasteiger partial charge >= 0.3 is 0 Å². The van der Waals surface area contributed by atoms with Crippen LogP contribution in [0.5, 0.6) is 0 Å². The first-order chi connectivity index (χ1) is 9.27. The fourth-order valence-corrected chi connectivity index (χ4v) is 3.87. The van der Waals surface area contributed by atoms with Gasteiger partial charge in [-0.15, -0.1) is 0 Å². The summed E-state index contributed by atoms with van der Waals surface area (Å²) in [7, 11) is 0. The SMILES string of the molecule is NC(=S)c1cccnc1N1CCC[C@H]2CCCC[C@H]21. The van der Waals surface area contributed by atoms with Gasteiger partial charge in [-0.1, -0.05) is 25.1 Å². The second-order valence-electron chi connectivity index (χ2n) is 5.69. The van der Waals surface area contributed by atoms with E-state index in [2.05, 4.69) is 9.88 Å². The smallest absolute Gasteiger partial charge is 0.139 e. The van der Waals surface area contributed by atoms with E-state index in [0.29, 0.717) is 11.0 Å². The van der Waals surface area contributed by atoms with Gasteiger partial charge in [-0.2, -0.15) is 0 Å². The number of rotatable bonds is 2. The standard InChI is InChI=1S/C15H21N3S/c16-14(19)12-7-3-9-17-15(12)18-10-4-6-11-5-1-2-8-13(11)18/h3,7,9,11,13H,1-2,4-6,8,10H2,(H2,16,19)/t11-,13-/m1/s1. The van der Waals surface area contributed by atoms with Crippen molar-refractivity contribution in [3.8, 4) is 0 Å². The summed E-state index contributed by atoms with van der Waals surface area (Å²) in [5.41, 5.74) is 6.79. The van der Waals surface area contributed by atoms with Crippen LogP contribution in [-0.2, 0) is 0 Å². The van der Waals surface area contributed by atoms with Gasteiger partial charge in [0.2, 0.25) is 0 Å². The number of fused-ring (bicyclic) bond motifs is 1. The summed E-state index contributed by atoms with van der Waals surface area (Å²) in [6, 6.07) is 4.56. The van der Waals surface area contributed by atoms with Crippen LogP contribution >= 0.6 is 12.2 Å². The van der Waals surface area contributed by atoms with Gasteiger partial charge in [0, 0.05) is 18.8 Å². The van der Waals surface area contributed by atoms with Crippen LogP contribution in [-0.4, -0.2) is 22.6 Å². The van der Waals surface area contributed by atoms with E-state index in [9.17, 15) is 0 Å². The average molecular weight is 275 g/mol. The number of nitrogens with two attached hydrogens (primary N) is 1. The molecule has 1 saturated carbocycles. The lowest BCUT2D eigenvalue weighted by atomic mass is 9.78. The molecule has 102 valence electrons. The number of thiocarbonyl (C=S) groups is 1. The number of piperidine rings is 1. The molecule has 0 aromatic carbocycles. The lowest BCUT2D eigenvalue weighted by Gasteiger charge is -2.45. The zero-order valence-electron chi connectivity index (χ0n) is 11.2. The molecule has 2 N–H and O–H groups in total. The van der Waals surface area contributed by atoms with Crippen LogP contribution < -0.4 is 10.6 Å². The molecule has 3 nitrogen and oxygen atoms in total. The van der Waals surface area contributed by atoms with Crippen LogP contribution in [0.3, 0.4) is 0 Å². The molecular formula is C15H21N3S. The molecule has 0 bridgehead atoms. The van der Waals surface area contributed by atoms with E-state index in [1.807, 2.05) is 18.3 Å². The molecular weight excluding hydrogens is 254 g/mol. The Morgan fingerprint density at radius 2 is 2.05 bits per heavy atom. The van der Waals surface area contributed by atoms with Crippen LogP contribution in [0.2, 0.25) is 0 Å². The van der Waals surface area contributed by atoms with Crippen molar-refractivity contribution in [1.29, 1.82) is 0 Å². The third-order valence-electron chi connectivity index (χ3n) is 4.57. The molecule has 0 spiro atoms. The maximum Gasteiger partial charge on any atom is 0.139 e. The first-order valence-electron chi connectivity index (χ1n) is 7.29. The molecule has 2 aliphatic rings. The zero-order chi connectivity index (χ0) is 13.2. The fourth-order valence-electron chi connectivity index (χ4n) is 3.71. The van der Waals surface area contributed by atoms with Crippen molar-refractivity contribution in [2.45, 2.75) is 44.6 Å². The minimum Gasteiger partial charge on any atom is -0.389 e. The van der Waals surface area contributed by atoms with Gasteiger partial charge in [0.25, 0.3) is 0 Å². The predicted octanol–water partition coefficient (Wildman–Crippen LogP) is 2.87. The van der Waals surface area contributed by atoms with E-state index in [1.54, 1.807) is 0 Å². The predicted molar refractivity (Wildman–Crippen MR) is 82.5 cm³/mol. The topological polar surface area (TPSA) is 42.1 Å². The second-order valence-corrected chi connectivity index (χ2v) is 6.13. The Bertz CT molecular complexity index is 472. The highest BCUT2D eigenvalue weighted by Gasteiger charge is 2.34. The first-order valence-corrected chi connectivity index (χ1v) is 7.69. The second kappa shape index (κ2) is 5.45. The van der Waals surface area contributed by atoms with Crippen molar-refractivity contribution in [3.05, 3.63) is 23.9 Å². The third kappa shape index (κ3) is 2.46. The Hall–Kier alpha value is -1.16. The molecule has 4 heteroatoms. The summed E-state index contributed by atoms with van der Waals surface area (Å²) in [4.78, 5) is 7.51. The highest BCUT2D eigenvalue weighted by Crippen LogP contribution is 2.37. The summed E-state index contributed by atoms with van der Waals surface area (Å²) < 4.78 is 0. The van der Waals surface area contributed by atoms with Crippen molar-refractivity contribution >= 4 is 23.0 Å². The maximum absolute atomic E-state index is 5.85. The lowest BCUT2D eigenvalue weighted by molar-refractivity contribution is 0.242. The minimum atomic E-state index is 0.459. The molecule has 19 heavy (non-hydrogen) atoms. The van der Waals surface area contributed by atoms with Gasteiger partial charge in [-0.05, 0) is 43.7 Å². The monoisotopic (exact) mass is 275 g/mol. The Labute approximate surface area is 120 Å². The number of aromatic nitrogens is 1. The van der Waals surface area contributed by atoms with E-state index in [-0.39, 0.29) is 0 Å². The Morgan fingerprint density at radius 1 is 1.26 bits per heavy atom. The van der Waals surface area contributed by atoms with Crippen LogP contribution in [0, 0.1) is 5.92 Å². The zero-order valence-corrected chi connectivity index (χ0v) is 12.0. The summed E-state index contributed by atoms with van der Waals surface area (Å²) in [5.74, 6) is 1.84. The quantitative estimate of drug-likeness (QED) is 0.843. The van der Waals surface area contributed by atoms with Crippen molar-refractivity contribution in [3.63, 3.8) is 0 Å². The average Bonchev–Trinajstić information content (AvgIpc) is 2.46. The summed E-state index contributed by atoms with van der Waals surface area (Å²) in [6.45, 7) is 1.09. The molecule has 0 amide bonds. The lowest BCUT2D eigenvalue weighted by Crippen LogP contribution is -2.47. The van der Waals surface area contributed by atoms with Crippen molar-refractivity contribution < 1.29 is 0 Å². The number of nitrogens with zero attached hydrogens (tertiary/aromatic N) is 2. The first kappa shape index (κ1) is 12.9. The minimum absolute atomic E-state index is 0.459. The molecule has 3 rings (SSSR count). The fraction of sp³-hybridized carbons (Fsp3) is 0.600. The van der Waals surface area contributed by atoms with E-state index in [0.717, 1.165) is 23.8 Å².